The fourth-order valence-electron chi connectivity index (χ4n) is 2.13. The Balaban J connectivity index is 2.41. The highest BCUT2D eigenvalue weighted by atomic mass is 79.9. The van der Waals surface area contributed by atoms with Crippen LogP contribution in [-0.2, 0) is 0 Å². The van der Waals surface area contributed by atoms with E-state index in [1.54, 1.807) is 22.8 Å². The molecule has 1 N–H and O–H groups in total. The molecule has 3 nitrogen and oxygen atoms in total. The Labute approximate surface area is 137 Å². The second-order valence-corrected chi connectivity index (χ2v) is 6.03. The van der Waals surface area contributed by atoms with Crippen molar-refractivity contribution in [2.24, 2.45) is 0 Å². The van der Waals surface area contributed by atoms with Gasteiger partial charge >= 0.3 is 0 Å². The molecule has 0 atom stereocenters. The van der Waals surface area contributed by atoms with E-state index in [2.05, 4.69) is 27.0 Å². The van der Waals surface area contributed by atoms with Gasteiger partial charge in [-0.3, -0.25) is 4.57 Å². The Morgan fingerprint density at radius 3 is 2.81 bits per heavy atom. The van der Waals surface area contributed by atoms with E-state index in [-0.39, 0.29) is 5.02 Å². The molecule has 104 valence electrons. The summed E-state index contributed by atoms with van der Waals surface area (Å²) in [4.78, 5) is 2.97. The molecule has 0 saturated heterocycles. The molecule has 0 saturated carbocycles. The maximum Gasteiger partial charge on any atom is 0.182 e. The molecule has 3 aromatic rings. The minimum atomic E-state index is -0.539. The molecule has 21 heavy (non-hydrogen) atoms. The summed E-state index contributed by atoms with van der Waals surface area (Å²) in [6.07, 6.45) is 0. The zero-order chi connectivity index (χ0) is 15.1. The predicted molar refractivity (Wildman–Crippen MR) is 85.8 cm³/mol. The average molecular weight is 383 g/mol. The van der Waals surface area contributed by atoms with Crippen molar-refractivity contribution in [2.75, 3.05) is 0 Å². The van der Waals surface area contributed by atoms with Crippen molar-refractivity contribution in [3.05, 3.63) is 56.0 Å². The van der Waals surface area contributed by atoms with E-state index in [0.29, 0.717) is 27.1 Å². The van der Waals surface area contributed by atoms with Gasteiger partial charge in [0.25, 0.3) is 0 Å². The van der Waals surface area contributed by atoms with E-state index in [1.165, 1.54) is 12.1 Å². The zero-order valence-corrected chi connectivity index (χ0v) is 13.5. The first-order valence-corrected chi connectivity index (χ1v) is 7.39. The number of hydrogen-bond donors (Lipinski definition) is 1. The number of nitrogens with one attached hydrogen (secondary N) is 1. The molecule has 0 radical (unpaired) electrons. The monoisotopic (exact) mass is 381 g/mol. The molecular formula is C14H6BrClFN3S. The SMILES string of the molecule is N#Cc1cc(Br)ccc1-n1c(=S)[nH]c2cc(Cl)c(F)cc21. The minimum Gasteiger partial charge on any atom is -0.330 e. The molecule has 2 aromatic carbocycles. The third kappa shape index (κ3) is 2.38. The molecule has 0 fully saturated rings. The van der Waals surface area contributed by atoms with E-state index in [4.69, 9.17) is 23.8 Å². The molecule has 0 aliphatic carbocycles. The second-order valence-electron chi connectivity index (χ2n) is 4.32. The third-order valence-corrected chi connectivity index (χ3v) is 4.11. The van der Waals surface area contributed by atoms with E-state index >= 15 is 0 Å². The van der Waals surface area contributed by atoms with Crippen LogP contribution in [0, 0.1) is 21.9 Å². The molecular weight excluding hydrogens is 377 g/mol. The van der Waals surface area contributed by atoms with Crippen LogP contribution in [0.1, 0.15) is 5.56 Å². The van der Waals surface area contributed by atoms with Gasteiger partial charge in [0.1, 0.15) is 11.9 Å². The number of rotatable bonds is 1. The summed E-state index contributed by atoms with van der Waals surface area (Å²) in [5, 5.41) is 9.30. The number of nitriles is 1. The van der Waals surface area contributed by atoms with Gasteiger partial charge in [-0.25, -0.2) is 4.39 Å². The summed E-state index contributed by atoms with van der Waals surface area (Å²) in [6, 6.07) is 10.1. The Bertz CT molecular complexity index is 971. The lowest BCUT2D eigenvalue weighted by molar-refractivity contribution is 0.629. The Hall–Kier alpha value is -1.68. The van der Waals surface area contributed by atoms with Crippen LogP contribution >= 0.6 is 39.7 Å². The van der Waals surface area contributed by atoms with Crippen molar-refractivity contribution in [3.8, 4) is 11.8 Å². The van der Waals surface area contributed by atoms with Crippen molar-refractivity contribution in [2.45, 2.75) is 0 Å². The van der Waals surface area contributed by atoms with Gasteiger partial charge in [-0.1, -0.05) is 27.5 Å². The summed E-state index contributed by atoms with van der Waals surface area (Å²) in [6.45, 7) is 0. The van der Waals surface area contributed by atoms with Gasteiger partial charge in [0.05, 0.1) is 27.3 Å². The summed E-state index contributed by atoms with van der Waals surface area (Å²) in [7, 11) is 0. The lowest BCUT2D eigenvalue weighted by Gasteiger charge is -2.07. The first kappa shape index (κ1) is 14.3. The summed E-state index contributed by atoms with van der Waals surface area (Å²) >= 11 is 14.4. The number of aromatic amines is 1. The van der Waals surface area contributed by atoms with Gasteiger partial charge in [0.2, 0.25) is 0 Å². The lowest BCUT2D eigenvalue weighted by atomic mass is 10.2. The van der Waals surface area contributed by atoms with Crippen LogP contribution in [-0.4, -0.2) is 9.55 Å². The number of fused-ring (bicyclic) bond motifs is 1. The first-order valence-electron chi connectivity index (χ1n) is 5.81. The number of aromatic nitrogens is 2. The highest BCUT2D eigenvalue weighted by molar-refractivity contribution is 9.10. The van der Waals surface area contributed by atoms with E-state index < -0.39 is 5.82 Å². The van der Waals surface area contributed by atoms with Gasteiger partial charge < -0.3 is 4.98 Å². The maximum atomic E-state index is 13.7. The minimum absolute atomic E-state index is 0.0159. The third-order valence-electron chi connectivity index (χ3n) is 3.04. The van der Waals surface area contributed by atoms with Crippen molar-refractivity contribution < 1.29 is 4.39 Å². The van der Waals surface area contributed by atoms with Gasteiger partial charge in [-0.15, -0.1) is 0 Å². The second kappa shape index (κ2) is 5.26. The molecule has 7 heteroatoms. The normalized spacial score (nSPS) is 10.8. The Morgan fingerprint density at radius 2 is 2.10 bits per heavy atom. The van der Waals surface area contributed by atoms with Crippen LogP contribution in [0.3, 0.4) is 0 Å². The van der Waals surface area contributed by atoms with Crippen LogP contribution in [0.4, 0.5) is 4.39 Å². The standard InChI is InChI=1S/C14H6BrClFN3S/c15-8-1-2-12(7(3-8)6-18)20-13-5-10(17)9(16)4-11(13)19-14(20)21/h1-5H,(H,19,21). The maximum absolute atomic E-state index is 13.7. The van der Waals surface area contributed by atoms with E-state index in [1.807, 2.05) is 0 Å². The molecule has 1 aromatic heterocycles. The molecule has 0 bridgehead atoms. The van der Waals surface area contributed by atoms with Crippen LogP contribution in [0.25, 0.3) is 16.7 Å². The summed E-state index contributed by atoms with van der Waals surface area (Å²) < 4.78 is 16.5. The predicted octanol–water partition coefficient (Wildman–Crippen LogP) is 5.11. The quantitative estimate of drug-likeness (QED) is 0.594. The smallest absolute Gasteiger partial charge is 0.182 e. The largest absolute Gasteiger partial charge is 0.330 e. The molecule has 1 heterocycles. The number of imidazole rings is 1. The highest BCUT2D eigenvalue weighted by Gasteiger charge is 2.13. The van der Waals surface area contributed by atoms with Crippen molar-refractivity contribution in [1.82, 2.24) is 9.55 Å². The highest BCUT2D eigenvalue weighted by Crippen LogP contribution is 2.27. The van der Waals surface area contributed by atoms with E-state index in [9.17, 15) is 9.65 Å². The summed E-state index contributed by atoms with van der Waals surface area (Å²) in [5.41, 5.74) is 2.15. The van der Waals surface area contributed by atoms with Crippen molar-refractivity contribution in [1.29, 1.82) is 5.26 Å². The number of nitrogens with zero attached hydrogens (tertiary/aromatic N) is 2. The van der Waals surface area contributed by atoms with Crippen LogP contribution in [0.5, 0.6) is 0 Å². The molecule has 0 unspecified atom stereocenters. The number of benzene rings is 2. The van der Waals surface area contributed by atoms with Crippen LogP contribution < -0.4 is 0 Å². The topological polar surface area (TPSA) is 44.5 Å². The number of H-pyrrole nitrogens is 1. The van der Waals surface area contributed by atoms with Gasteiger partial charge in [0, 0.05) is 10.5 Å². The molecule has 0 amide bonds. The first-order chi connectivity index (χ1) is 10.0. The molecule has 3 rings (SSSR count). The molecule has 0 aliphatic rings. The summed E-state index contributed by atoms with van der Waals surface area (Å²) in [5.74, 6) is -0.539. The average Bonchev–Trinajstić information content (AvgIpc) is 2.75. The molecule has 0 aliphatic heterocycles. The Kier molecular flexibility index (Phi) is 3.57. The van der Waals surface area contributed by atoms with Gasteiger partial charge in [0.15, 0.2) is 4.77 Å². The lowest BCUT2D eigenvalue weighted by Crippen LogP contribution is -1.98. The van der Waals surface area contributed by atoms with Gasteiger partial charge in [-0.05, 0) is 36.5 Å². The fourth-order valence-corrected chi connectivity index (χ4v) is 2.97. The fraction of sp³-hybridized carbons (Fsp3) is 0. The zero-order valence-electron chi connectivity index (χ0n) is 10.3. The van der Waals surface area contributed by atoms with E-state index in [0.717, 1.165) is 4.47 Å². The van der Waals surface area contributed by atoms with Crippen molar-refractivity contribution in [3.63, 3.8) is 0 Å². The van der Waals surface area contributed by atoms with Crippen molar-refractivity contribution >= 4 is 50.8 Å². The van der Waals surface area contributed by atoms with Crippen LogP contribution in [0.2, 0.25) is 5.02 Å². The van der Waals surface area contributed by atoms with Gasteiger partial charge in [-0.2, -0.15) is 5.26 Å². The number of hydrogen-bond acceptors (Lipinski definition) is 2. The van der Waals surface area contributed by atoms with Crippen LogP contribution in [0.15, 0.2) is 34.8 Å². The number of halogens is 3. The Morgan fingerprint density at radius 1 is 1.33 bits per heavy atom. The molecule has 0 spiro atoms.